The van der Waals surface area contributed by atoms with Crippen molar-refractivity contribution in [2.45, 2.75) is 6.54 Å². The van der Waals surface area contributed by atoms with E-state index < -0.39 is 0 Å². The Morgan fingerprint density at radius 1 is 1.00 bits per heavy atom. The van der Waals surface area contributed by atoms with Crippen LogP contribution in [0.4, 0.5) is 4.39 Å². The van der Waals surface area contributed by atoms with Crippen molar-refractivity contribution in [2.75, 3.05) is 0 Å². The van der Waals surface area contributed by atoms with Gasteiger partial charge in [0.2, 0.25) is 0 Å². The lowest BCUT2D eigenvalue weighted by atomic mass is 10.0. The molecule has 0 amide bonds. The zero-order valence-electron chi connectivity index (χ0n) is 11.8. The molecule has 108 valence electrons. The molecular weight excluding hydrogens is 277 g/mol. The van der Waals surface area contributed by atoms with Gasteiger partial charge in [0, 0.05) is 23.1 Å². The third-order valence-electron chi connectivity index (χ3n) is 3.97. The predicted molar refractivity (Wildman–Crippen MR) is 86.9 cm³/mol. The number of nitrogens with zero attached hydrogens (tertiary/aromatic N) is 1. The molecule has 0 aliphatic heterocycles. The van der Waals surface area contributed by atoms with Gasteiger partial charge in [0.05, 0.1) is 11.2 Å². The minimum Gasteiger partial charge on any atom is -0.326 e. The average molecular weight is 291 g/mol. The van der Waals surface area contributed by atoms with E-state index in [-0.39, 0.29) is 12.4 Å². The Morgan fingerprint density at radius 3 is 2.64 bits per heavy atom. The zero-order chi connectivity index (χ0) is 15.1. The van der Waals surface area contributed by atoms with E-state index in [1.54, 1.807) is 6.07 Å². The van der Waals surface area contributed by atoms with Crippen LogP contribution in [-0.2, 0) is 6.54 Å². The van der Waals surface area contributed by atoms with Crippen LogP contribution in [-0.4, -0.2) is 10.2 Å². The van der Waals surface area contributed by atoms with Gasteiger partial charge in [-0.2, -0.15) is 5.10 Å². The van der Waals surface area contributed by atoms with Crippen LogP contribution >= 0.6 is 0 Å². The first-order valence-corrected chi connectivity index (χ1v) is 7.12. The fourth-order valence-corrected chi connectivity index (χ4v) is 2.80. The van der Waals surface area contributed by atoms with Crippen LogP contribution in [0.15, 0.2) is 54.6 Å². The fourth-order valence-electron chi connectivity index (χ4n) is 2.80. The van der Waals surface area contributed by atoms with Gasteiger partial charge in [0.25, 0.3) is 0 Å². The number of hydrogen-bond donors (Lipinski definition) is 2. The second-order valence-electron chi connectivity index (χ2n) is 5.33. The Morgan fingerprint density at radius 2 is 1.82 bits per heavy atom. The summed E-state index contributed by atoms with van der Waals surface area (Å²) in [5.74, 6) is -0.302. The molecule has 0 aliphatic carbocycles. The first kappa shape index (κ1) is 13.0. The number of halogens is 1. The maximum absolute atomic E-state index is 13.8. The van der Waals surface area contributed by atoms with Crippen molar-refractivity contribution in [3.8, 4) is 11.3 Å². The van der Waals surface area contributed by atoms with Crippen LogP contribution in [0.3, 0.4) is 0 Å². The lowest BCUT2D eigenvalue weighted by Gasteiger charge is -2.03. The quantitative estimate of drug-likeness (QED) is 0.587. The molecule has 0 fully saturated rings. The van der Waals surface area contributed by atoms with E-state index in [1.807, 2.05) is 18.2 Å². The van der Waals surface area contributed by atoms with Crippen molar-refractivity contribution in [3.05, 3.63) is 66.0 Å². The number of nitrogens with two attached hydrogens (primary N) is 1. The molecule has 0 aliphatic rings. The summed E-state index contributed by atoms with van der Waals surface area (Å²) in [6.45, 7) is 0.171. The Hall–Kier alpha value is -2.72. The molecule has 1 heterocycles. The van der Waals surface area contributed by atoms with Gasteiger partial charge in [0.1, 0.15) is 5.82 Å². The number of hydrogen-bond acceptors (Lipinski definition) is 2. The summed E-state index contributed by atoms with van der Waals surface area (Å²) >= 11 is 0. The van der Waals surface area contributed by atoms with Gasteiger partial charge in [-0.25, -0.2) is 4.39 Å². The van der Waals surface area contributed by atoms with Gasteiger partial charge in [0.15, 0.2) is 0 Å². The highest BCUT2D eigenvalue weighted by atomic mass is 19.1. The lowest BCUT2D eigenvalue weighted by Crippen LogP contribution is -1.99. The highest BCUT2D eigenvalue weighted by Gasteiger charge is 2.12. The molecule has 0 unspecified atom stereocenters. The van der Waals surface area contributed by atoms with Crippen LogP contribution in [0, 0.1) is 5.82 Å². The first-order valence-electron chi connectivity index (χ1n) is 7.12. The number of H-pyrrole nitrogens is 1. The molecule has 1 aromatic heterocycles. The second kappa shape index (κ2) is 4.93. The fraction of sp³-hybridized carbons (Fsp3) is 0.0556. The summed E-state index contributed by atoms with van der Waals surface area (Å²) in [7, 11) is 0. The molecule has 0 bridgehead atoms. The molecule has 0 saturated heterocycles. The summed E-state index contributed by atoms with van der Waals surface area (Å²) in [6.07, 6.45) is 0. The first-order chi connectivity index (χ1) is 10.8. The van der Waals surface area contributed by atoms with Gasteiger partial charge in [-0.1, -0.05) is 36.4 Å². The van der Waals surface area contributed by atoms with Crippen molar-refractivity contribution in [3.63, 3.8) is 0 Å². The number of nitrogens with one attached hydrogen (secondary N) is 1. The highest BCUT2D eigenvalue weighted by Crippen LogP contribution is 2.30. The molecule has 3 nitrogen and oxygen atoms in total. The monoisotopic (exact) mass is 291 g/mol. The third kappa shape index (κ3) is 1.96. The number of benzene rings is 3. The van der Waals surface area contributed by atoms with Gasteiger partial charge in [-0.3, -0.25) is 5.10 Å². The molecule has 3 aromatic carbocycles. The molecule has 0 spiro atoms. The summed E-state index contributed by atoms with van der Waals surface area (Å²) in [6, 6.07) is 17.6. The summed E-state index contributed by atoms with van der Waals surface area (Å²) in [5.41, 5.74) is 8.59. The SMILES string of the molecule is NCc1cc2c(-c3ccc4ccccc4c3)n[nH]c2cc1F. The van der Waals surface area contributed by atoms with E-state index in [0.29, 0.717) is 11.1 Å². The Labute approximate surface area is 126 Å². The van der Waals surface area contributed by atoms with Crippen LogP contribution in [0.25, 0.3) is 32.9 Å². The number of aromatic nitrogens is 2. The Balaban J connectivity index is 1.95. The molecule has 3 N–H and O–H groups in total. The molecule has 4 rings (SSSR count). The van der Waals surface area contributed by atoms with Crippen molar-refractivity contribution < 1.29 is 4.39 Å². The van der Waals surface area contributed by atoms with E-state index in [9.17, 15) is 4.39 Å². The number of rotatable bonds is 2. The number of fused-ring (bicyclic) bond motifs is 2. The van der Waals surface area contributed by atoms with E-state index in [0.717, 1.165) is 22.0 Å². The van der Waals surface area contributed by atoms with Crippen molar-refractivity contribution in [1.82, 2.24) is 10.2 Å². The van der Waals surface area contributed by atoms with Crippen molar-refractivity contribution in [2.24, 2.45) is 5.73 Å². The van der Waals surface area contributed by atoms with E-state index >= 15 is 0 Å². The minimum absolute atomic E-state index is 0.171. The predicted octanol–water partition coefficient (Wildman–Crippen LogP) is 3.98. The van der Waals surface area contributed by atoms with Gasteiger partial charge >= 0.3 is 0 Å². The highest BCUT2D eigenvalue weighted by molar-refractivity contribution is 5.96. The molecule has 4 heteroatoms. The van der Waals surface area contributed by atoms with E-state index in [1.165, 1.54) is 11.5 Å². The molecule has 22 heavy (non-hydrogen) atoms. The van der Waals surface area contributed by atoms with Gasteiger partial charge in [-0.15, -0.1) is 0 Å². The van der Waals surface area contributed by atoms with Gasteiger partial charge < -0.3 is 5.73 Å². The van der Waals surface area contributed by atoms with Crippen LogP contribution in [0.2, 0.25) is 0 Å². The molecule has 4 aromatic rings. The zero-order valence-corrected chi connectivity index (χ0v) is 11.8. The normalized spacial score (nSPS) is 11.4. The summed E-state index contributed by atoms with van der Waals surface area (Å²) < 4.78 is 13.8. The van der Waals surface area contributed by atoms with E-state index in [4.69, 9.17) is 5.73 Å². The Kier molecular flexibility index (Phi) is 2.91. The van der Waals surface area contributed by atoms with Crippen molar-refractivity contribution >= 4 is 21.7 Å². The summed E-state index contributed by atoms with van der Waals surface area (Å²) in [4.78, 5) is 0. The number of aromatic amines is 1. The topological polar surface area (TPSA) is 54.7 Å². The van der Waals surface area contributed by atoms with Crippen LogP contribution < -0.4 is 5.73 Å². The summed E-state index contributed by atoms with van der Waals surface area (Å²) in [5, 5.41) is 10.5. The second-order valence-corrected chi connectivity index (χ2v) is 5.33. The van der Waals surface area contributed by atoms with Gasteiger partial charge in [-0.05, 0) is 29.0 Å². The Bertz CT molecular complexity index is 988. The molecule has 0 atom stereocenters. The standard InChI is InChI=1S/C18H14FN3/c19-16-9-17-15(8-14(16)10-20)18(22-21-17)13-6-5-11-3-1-2-4-12(11)7-13/h1-9H,10,20H2,(H,21,22). The average Bonchev–Trinajstić information content (AvgIpc) is 2.96. The minimum atomic E-state index is -0.302. The largest absolute Gasteiger partial charge is 0.326 e. The smallest absolute Gasteiger partial charge is 0.129 e. The lowest BCUT2D eigenvalue weighted by molar-refractivity contribution is 0.612. The maximum Gasteiger partial charge on any atom is 0.129 e. The third-order valence-corrected chi connectivity index (χ3v) is 3.97. The van der Waals surface area contributed by atoms with Crippen LogP contribution in [0.1, 0.15) is 5.56 Å². The maximum atomic E-state index is 13.8. The van der Waals surface area contributed by atoms with Crippen molar-refractivity contribution in [1.29, 1.82) is 0 Å². The van der Waals surface area contributed by atoms with E-state index in [2.05, 4.69) is 34.5 Å². The molecule has 0 radical (unpaired) electrons. The molecule has 0 saturated carbocycles. The van der Waals surface area contributed by atoms with Crippen LogP contribution in [0.5, 0.6) is 0 Å². The molecular formula is C18H14FN3.